The van der Waals surface area contributed by atoms with Crippen LogP contribution in [0.25, 0.3) is 11.0 Å². The van der Waals surface area contributed by atoms with Crippen LogP contribution in [0.15, 0.2) is 23.6 Å². The molecule has 1 fully saturated rings. The number of nitrogens with two attached hydrogens (primary N) is 2. The van der Waals surface area contributed by atoms with Crippen LogP contribution < -0.4 is 17.0 Å². The first-order valence-corrected chi connectivity index (χ1v) is 19.8. The maximum absolute atomic E-state index is 12.9. The third-order valence-corrected chi connectivity index (χ3v) is 12.5. The van der Waals surface area contributed by atoms with Gasteiger partial charge in [0.15, 0.2) is 5.65 Å². The minimum atomic E-state index is -5.72. The second-order valence-electron chi connectivity index (χ2n) is 9.95. The molecule has 2 aromatic heterocycles. The molecule has 1 saturated heterocycles. The summed E-state index contributed by atoms with van der Waals surface area (Å²) in [6.45, 7) is 7.42. The van der Waals surface area contributed by atoms with E-state index in [4.69, 9.17) is 40.0 Å². The van der Waals surface area contributed by atoms with E-state index in [2.05, 4.69) is 37.0 Å². The molecule has 0 aliphatic carbocycles. The second-order valence-corrected chi connectivity index (χ2v) is 17.3. The highest BCUT2D eigenvalue weighted by atomic mass is 33.1. The molecule has 2 aromatic rings. The highest BCUT2D eigenvalue weighted by molar-refractivity contribution is 8.77. The predicted octanol–water partition coefficient (Wildman–Crippen LogP) is 1.95. The third-order valence-electron chi connectivity index (χ3n) is 5.74. The first kappa shape index (κ1) is 38.9. The van der Waals surface area contributed by atoms with Crippen molar-refractivity contribution in [2.45, 2.75) is 43.5 Å². The van der Waals surface area contributed by atoms with Gasteiger partial charge in [0, 0.05) is 23.9 Å². The SMILES string of the molecule is C=CCOC1C[C@H](n2cc(C#CCOCSSC(C)(C)CN)c3c(=O)[nH]c(N)nc32)O[C@@H]1COP(=O)(O)OP(=O)(O)OP(=O)(O)O. The monoisotopic (exact) mass is 749 g/mol. The molecule has 1 aliphatic heterocycles. The van der Waals surface area contributed by atoms with Gasteiger partial charge >= 0.3 is 23.5 Å². The number of fused-ring (bicyclic) bond motifs is 1. The van der Waals surface area contributed by atoms with E-state index in [-0.39, 0.29) is 46.9 Å². The lowest BCUT2D eigenvalue weighted by Crippen LogP contribution is -2.29. The van der Waals surface area contributed by atoms with E-state index in [1.165, 1.54) is 27.6 Å². The van der Waals surface area contributed by atoms with Gasteiger partial charge in [-0.05, 0) is 13.8 Å². The number of phosphoric acid groups is 3. The minimum absolute atomic E-state index is 0.0288. The molecule has 5 atom stereocenters. The van der Waals surface area contributed by atoms with Gasteiger partial charge in [-0.1, -0.05) is 39.5 Å². The Labute approximate surface area is 270 Å². The lowest BCUT2D eigenvalue weighted by Gasteiger charge is -2.21. The lowest BCUT2D eigenvalue weighted by atomic mass is 10.2. The average Bonchev–Trinajstić information content (AvgIpc) is 3.49. The number of nitrogens with one attached hydrogen (secondary N) is 1. The molecule has 1 aliphatic rings. The summed E-state index contributed by atoms with van der Waals surface area (Å²) in [6.07, 6.45) is 0.176. The zero-order chi connectivity index (χ0) is 34.3. The highest BCUT2D eigenvalue weighted by Gasteiger charge is 2.43. The molecule has 0 saturated carbocycles. The zero-order valence-electron chi connectivity index (χ0n) is 24.4. The lowest BCUT2D eigenvalue weighted by molar-refractivity contribution is -0.0549. The van der Waals surface area contributed by atoms with Gasteiger partial charge in [0.05, 0.1) is 30.3 Å². The molecule has 19 nitrogen and oxygen atoms in total. The molecule has 46 heavy (non-hydrogen) atoms. The van der Waals surface area contributed by atoms with Crippen molar-refractivity contribution >= 4 is 62.0 Å². The number of anilines is 1. The molecule has 0 spiro atoms. The van der Waals surface area contributed by atoms with E-state index >= 15 is 0 Å². The number of nitrogen functional groups attached to an aromatic ring is 1. The second kappa shape index (κ2) is 16.2. The molecule has 9 N–H and O–H groups in total. The summed E-state index contributed by atoms with van der Waals surface area (Å²) < 4.78 is 65.7. The Hall–Kier alpha value is -1.53. The van der Waals surface area contributed by atoms with Gasteiger partial charge in [0.1, 0.15) is 24.9 Å². The van der Waals surface area contributed by atoms with Gasteiger partial charge in [-0.3, -0.25) is 14.3 Å². The number of rotatable bonds is 17. The summed E-state index contributed by atoms with van der Waals surface area (Å²) >= 11 is 0. The van der Waals surface area contributed by atoms with Crippen molar-refractivity contribution in [3.05, 3.63) is 34.8 Å². The number of hydrogen-bond donors (Lipinski definition) is 7. The van der Waals surface area contributed by atoms with E-state index in [9.17, 15) is 28.3 Å². The molecule has 258 valence electrons. The molecule has 0 bridgehead atoms. The van der Waals surface area contributed by atoms with Crippen molar-refractivity contribution < 1.29 is 60.6 Å². The maximum Gasteiger partial charge on any atom is 0.490 e. The number of nitrogens with zero attached hydrogens (tertiary/aromatic N) is 2. The summed E-state index contributed by atoms with van der Waals surface area (Å²) in [4.78, 5) is 56.2. The normalized spacial score (nSPS) is 21.4. The van der Waals surface area contributed by atoms with Gasteiger partial charge < -0.3 is 49.8 Å². The van der Waals surface area contributed by atoms with E-state index in [1.807, 2.05) is 13.8 Å². The van der Waals surface area contributed by atoms with Crippen LogP contribution in [0, 0.1) is 11.8 Å². The van der Waals surface area contributed by atoms with Crippen molar-refractivity contribution in [3.8, 4) is 11.8 Å². The van der Waals surface area contributed by atoms with Crippen LogP contribution in [0.4, 0.5) is 5.95 Å². The van der Waals surface area contributed by atoms with Crippen LogP contribution in [0.1, 0.15) is 32.1 Å². The van der Waals surface area contributed by atoms with Crippen molar-refractivity contribution in [3.63, 3.8) is 0 Å². The summed E-state index contributed by atoms with van der Waals surface area (Å²) in [7, 11) is -13.7. The largest absolute Gasteiger partial charge is 0.490 e. The minimum Gasteiger partial charge on any atom is -0.371 e. The zero-order valence-corrected chi connectivity index (χ0v) is 28.7. The number of H-pyrrole nitrogens is 1. The fourth-order valence-corrected chi connectivity index (χ4v) is 8.95. The van der Waals surface area contributed by atoms with Gasteiger partial charge in [0.2, 0.25) is 5.95 Å². The number of phosphoric ester groups is 1. The molecule has 3 heterocycles. The topological polar surface area (TPSA) is 290 Å². The number of ether oxygens (including phenoxy) is 3. The Balaban J connectivity index is 1.79. The van der Waals surface area contributed by atoms with Crippen LogP contribution in [-0.2, 0) is 41.1 Å². The molecule has 3 unspecified atom stereocenters. The fraction of sp³-hybridized carbons (Fsp3) is 0.545. The maximum atomic E-state index is 12.9. The van der Waals surface area contributed by atoms with E-state index in [0.717, 1.165) is 0 Å². The van der Waals surface area contributed by atoms with Crippen LogP contribution in [0.2, 0.25) is 0 Å². The van der Waals surface area contributed by atoms with Crippen molar-refractivity contribution in [1.82, 2.24) is 14.5 Å². The molecule has 3 rings (SSSR count). The summed E-state index contributed by atoms with van der Waals surface area (Å²) in [5, 5.41) is 0.111. The fourth-order valence-electron chi connectivity index (χ4n) is 3.82. The Morgan fingerprint density at radius 2 is 1.98 bits per heavy atom. The number of hydrogen-bond acceptors (Lipinski definition) is 15. The smallest absolute Gasteiger partial charge is 0.371 e. The van der Waals surface area contributed by atoms with Gasteiger partial charge in [-0.25, -0.2) is 13.7 Å². The summed E-state index contributed by atoms with van der Waals surface area (Å²) in [5.41, 5.74) is 11.3. The first-order valence-electron chi connectivity index (χ1n) is 13.0. The molecule has 0 radical (unpaired) electrons. The molecule has 0 aromatic carbocycles. The van der Waals surface area contributed by atoms with Crippen LogP contribution in [-0.4, -0.2) is 83.4 Å². The van der Waals surface area contributed by atoms with Gasteiger partial charge in [-0.2, -0.15) is 13.6 Å². The van der Waals surface area contributed by atoms with Gasteiger partial charge in [-0.15, -0.1) is 6.58 Å². The van der Waals surface area contributed by atoms with Crippen molar-refractivity contribution in [1.29, 1.82) is 0 Å². The van der Waals surface area contributed by atoms with Crippen LogP contribution in [0.5, 0.6) is 0 Å². The first-order chi connectivity index (χ1) is 21.4. The quantitative estimate of drug-likeness (QED) is 0.0304. The van der Waals surface area contributed by atoms with Gasteiger partial charge in [0.25, 0.3) is 5.56 Å². The molecular weight excluding hydrogens is 715 g/mol. The Morgan fingerprint density at radius 1 is 1.26 bits per heavy atom. The Bertz CT molecular complexity index is 1650. The highest BCUT2D eigenvalue weighted by Crippen LogP contribution is 2.66. The van der Waals surface area contributed by atoms with Crippen LogP contribution >= 0.6 is 45.1 Å². The Kier molecular flexibility index (Phi) is 13.7. The predicted molar refractivity (Wildman–Crippen MR) is 169 cm³/mol. The van der Waals surface area contributed by atoms with E-state index in [1.54, 1.807) is 10.8 Å². The number of aromatic amines is 1. The standard InChI is InChI=1S/C22H34N5O14P3S2/c1-4-7-37-15-9-17(39-16(15)11-38-43(32,33)41-44(34,35)40-42(29,30)31)27-10-14(18-19(27)25-21(24)26-20(18)28)6-5-8-36-13-45-46-22(2,3)12-23/h4,10,15-17H,1,7-9,11-13,23H2,2-3H3,(H,32,33)(H,34,35)(H2,29,30,31)(H3,24,25,26,28)/t15?,16-,17-/m1/s1. The molecule has 0 amide bonds. The van der Waals surface area contributed by atoms with Crippen LogP contribution in [0.3, 0.4) is 0 Å². The van der Waals surface area contributed by atoms with Crippen molar-refractivity contribution in [2.75, 3.05) is 38.0 Å². The number of aromatic nitrogens is 3. The van der Waals surface area contributed by atoms with E-state index in [0.29, 0.717) is 12.5 Å². The summed E-state index contributed by atoms with van der Waals surface area (Å²) in [5.74, 6) is 5.91. The Morgan fingerprint density at radius 3 is 2.63 bits per heavy atom. The average molecular weight is 750 g/mol. The summed E-state index contributed by atoms with van der Waals surface area (Å²) in [6, 6.07) is 0. The third kappa shape index (κ3) is 11.9. The molecular formula is C22H34N5O14P3S2. The molecule has 24 heteroatoms. The van der Waals surface area contributed by atoms with Crippen molar-refractivity contribution in [2.24, 2.45) is 5.73 Å². The van der Waals surface area contributed by atoms with E-state index < -0.39 is 54.1 Å².